The van der Waals surface area contributed by atoms with Gasteiger partial charge in [0, 0.05) is 6.54 Å². The zero-order chi connectivity index (χ0) is 11.4. The summed E-state index contributed by atoms with van der Waals surface area (Å²) in [6, 6.07) is 4.96. The molecule has 1 aromatic rings. The molecular weight excluding hydrogens is 205 g/mol. The van der Waals surface area contributed by atoms with Crippen LogP contribution in [0.25, 0.3) is 0 Å². The van der Waals surface area contributed by atoms with Gasteiger partial charge in [0.2, 0.25) is 0 Å². The van der Waals surface area contributed by atoms with Crippen molar-refractivity contribution in [1.29, 1.82) is 0 Å². The molecular formula is C13H18FNO. The average Bonchev–Trinajstić information content (AvgIpc) is 2.33. The van der Waals surface area contributed by atoms with E-state index in [-0.39, 0.29) is 11.9 Å². The summed E-state index contributed by atoms with van der Waals surface area (Å²) in [5.74, 6) is 0.0672. The standard InChI is InChI=1S/C13H18FNO/c14-12-8-10(9-15)6-7-13(12)16-11-4-2-1-3-5-11/h6-8,11H,1-5,9,15H2. The van der Waals surface area contributed by atoms with Crippen molar-refractivity contribution in [3.05, 3.63) is 29.6 Å². The number of ether oxygens (including phenoxy) is 1. The van der Waals surface area contributed by atoms with E-state index < -0.39 is 0 Å². The largest absolute Gasteiger partial charge is 0.487 e. The molecule has 0 unspecified atom stereocenters. The molecule has 88 valence electrons. The topological polar surface area (TPSA) is 35.2 Å². The smallest absolute Gasteiger partial charge is 0.165 e. The van der Waals surface area contributed by atoms with E-state index in [9.17, 15) is 4.39 Å². The third-order valence-corrected chi connectivity index (χ3v) is 3.08. The fourth-order valence-electron chi connectivity index (χ4n) is 2.13. The lowest BCUT2D eigenvalue weighted by molar-refractivity contribution is 0.148. The fourth-order valence-corrected chi connectivity index (χ4v) is 2.13. The van der Waals surface area contributed by atoms with Crippen molar-refractivity contribution in [2.75, 3.05) is 0 Å². The first-order chi connectivity index (χ1) is 7.79. The highest BCUT2D eigenvalue weighted by Crippen LogP contribution is 2.25. The minimum Gasteiger partial charge on any atom is -0.487 e. The molecule has 1 saturated carbocycles. The second kappa shape index (κ2) is 5.30. The number of nitrogens with two attached hydrogens (primary N) is 1. The molecule has 16 heavy (non-hydrogen) atoms. The number of rotatable bonds is 3. The van der Waals surface area contributed by atoms with Crippen molar-refractivity contribution in [2.45, 2.75) is 44.8 Å². The van der Waals surface area contributed by atoms with Crippen molar-refractivity contribution in [3.63, 3.8) is 0 Å². The van der Waals surface area contributed by atoms with Gasteiger partial charge in [-0.1, -0.05) is 12.5 Å². The maximum Gasteiger partial charge on any atom is 0.165 e. The Balaban J connectivity index is 2.03. The Morgan fingerprint density at radius 3 is 2.62 bits per heavy atom. The molecule has 2 N–H and O–H groups in total. The molecule has 0 amide bonds. The second-order valence-electron chi connectivity index (χ2n) is 4.35. The van der Waals surface area contributed by atoms with E-state index in [2.05, 4.69) is 0 Å². The quantitative estimate of drug-likeness (QED) is 0.855. The van der Waals surface area contributed by atoms with Gasteiger partial charge >= 0.3 is 0 Å². The average molecular weight is 223 g/mol. The van der Waals surface area contributed by atoms with E-state index in [1.165, 1.54) is 25.3 Å². The summed E-state index contributed by atoms with van der Waals surface area (Å²) in [7, 11) is 0. The maximum absolute atomic E-state index is 13.6. The molecule has 1 fully saturated rings. The lowest BCUT2D eigenvalue weighted by atomic mass is 9.98. The summed E-state index contributed by atoms with van der Waals surface area (Å²) in [4.78, 5) is 0. The summed E-state index contributed by atoms with van der Waals surface area (Å²) < 4.78 is 19.3. The first-order valence-corrected chi connectivity index (χ1v) is 5.95. The van der Waals surface area contributed by atoms with E-state index in [4.69, 9.17) is 10.5 Å². The van der Waals surface area contributed by atoms with Gasteiger partial charge in [0.25, 0.3) is 0 Å². The zero-order valence-electron chi connectivity index (χ0n) is 9.42. The Bertz CT molecular complexity index is 348. The molecule has 2 rings (SSSR count). The van der Waals surface area contributed by atoms with E-state index in [0.29, 0.717) is 12.3 Å². The van der Waals surface area contributed by atoms with Crippen LogP contribution in [-0.4, -0.2) is 6.10 Å². The minimum atomic E-state index is -0.298. The fraction of sp³-hybridized carbons (Fsp3) is 0.538. The van der Waals surface area contributed by atoms with Gasteiger partial charge in [-0.05, 0) is 43.4 Å². The van der Waals surface area contributed by atoms with Crippen LogP contribution in [0.4, 0.5) is 4.39 Å². The summed E-state index contributed by atoms with van der Waals surface area (Å²) in [5.41, 5.74) is 6.25. The Kier molecular flexibility index (Phi) is 3.78. The Labute approximate surface area is 95.6 Å². The van der Waals surface area contributed by atoms with Crippen molar-refractivity contribution < 1.29 is 9.13 Å². The van der Waals surface area contributed by atoms with Crippen LogP contribution in [0.3, 0.4) is 0 Å². The van der Waals surface area contributed by atoms with Crippen LogP contribution in [0.1, 0.15) is 37.7 Å². The predicted octanol–water partition coefficient (Wildman–Crippen LogP) is 3.00. The summed E-state index contributed by atoms with van der Waals surface area (Å²) in [6.45, 7) is 0.362. The van der Waals surface area contributed by atoms with Crippen LogP contribution in [-0.2, 0) is 6.54 Å². The predicted molar refractivity (Wildman–Crippen MR) is 61.8 cm³/mol. The van der Waals surface area contributed by atoms with Crippen LogP contribution in [0.2, 0.25) is 0 Å². The van der Waals surface area contributed by atoms with Crippen LogP contribution in [0, 0.1) is 5.82 Å². The molecule has 0 aromatic heterocycles. The second-order valence-corrected chi connectivity index (χ2v) is 4.35. The van der Waals surface area contributed by atoms with Gasteiger partial charge < -0.3 is 10.5 Å². The summed E-state index contributed by atoms with van der Waals surface area (Å²) in [6.07, 6.45) is 5.91. The molecule has 3 heteroatoms. The van der Waals surface area contributed by atoms with Gasteiger partial charge in [0.15, 0.2) is 11.6 Å². The summed E-state index contributed by atoms with van der Waals surface area (Å²) in [5, 5.41) is 0. The van der Waals surface area contributed by atoms with Crippen molar-refractivity contribution in [3.8, 4) is 5.75 Å². The lowest BCUT2D eigenvalue weighted by Crippen LogP contribution is -2.20. The molecule has 0 bridgehead atoms. The SMILES string of the molecule is NCc1ccc(OC2CCCCC2)c(F)c1. The third-order valence-electron chi connectivity index (χ3n) is 3.08. The highest BCUT2D eigenvalue weighted by Gasteiger charge is 2.16. The van der Waals surface area contributed by atoms with Crippen LogP contribution < -0.4 is 10.5 Å². The molecule has 1 aliphatic rings. The van der Waals surface area contributed by atoms with Gasteiger partial charge in [-0.25, -0.2) is 4.39 Å². The van der Waals surface area contributed by atoms with Crippen LogP contribution in [0.15, 0.2) is 18.2 Å². The van der Waals surface area contributed by atoms with E-state index in [1.807, 2.05) is 6.07 Å². The first kappa shape index (κ1) is 11.4. The van der Waals surface area contributed by atoms with E-state index >= 15 is 0 Å². The Morgan fingerprint density at radius 1 is 1.25 bits per heavy atom. The van der Waals surface area contributed by atoms with Crippen molar-refractivity contribution >= 4 is 0 Å². The number of benzene rings is 1. The van der Waals surface area contributed by atoms with Gasteiger partial charge in [0.1, 0.15) is 0 Å². The molecule has 0 heterocycles. The van der Waals surface area contributed by atoms with Crippen molar-refractivity contribution in [2.24, 2.45) is 5.73 Å². The highest BCUT2D eigenvalue weighted by atomic mass is 19.1. The molecule has 0 atom stereocenters. The number of hydrogen-bond donors (Lipinski definition) is 1. The normalized spacial score (nSPS) is 17.4. The molecule has 1 aliphatic carbocycles. The van der Waals surface area contributed by atoms with Crippen LogP contribution in [0.5, 0.6) is 5.75 Å². The minimum absolute atomic E-state index is 0.187. The van der Waals surface area contributed by atoms with Gasteiger partial charge in [-0.3, -0.25) is 0 Å². The first-order valence-electron chi connectivity index (χ1n) is 5.95. The van der Waals surface area contributed by atoms with Crippen LogP contribution >= 0.6 is 0 Å². The van der Waals surface area contributed by atoms with Gasteiger partial charge in [-0.2, -0.15) is 0 Å². The number of hydrogen-bond acceptors (Lipinski definition) is 2. The number of halogens is 1. The molecule has 0 saturated heterocycles. The van der Waals surface area contributed by atoms with Gasteiger partial charge in [0.05, 0.1) is 6.10 Å². The molecule has 0 spiro atoms. The third kappa shape index (κ3) is 2.73. The lowest BCUT2D eigenvalue weighted by Gasteiger charge is -2.23. The zero-order valence-corrected chi connectivity index (χ0v) is 9.42. The van der Waals surface area contributed by atoms with Gasteiger partial charge in [-0.15, -0.1) is 0 Å². The van der Waals surface area contributed by atoms with Crippen molar-refractivity contribution in [1.82, 2.24) is 0 Å². The monoisotopic (exact) mass is 223 g/mol. The Morgan fingerprint density at radius 2 is 2.00 bits per heavy atom. The molecule has 0 aliphatic heterocycles. The molecule has 0 radical (unpaired) electrons. The van der Waals surface area contributed by atoms with E-state index in [0.717, 1.165) is 18.4 Å². The highest BCUT2D eigenvalue weighted by molar-refractivity contribution is 5.29. The maximum atomic E-state index is 13.6. The summed E-state index contributed by atoms with van der Waals surface area (Å²) >= 11 is 0. The Hall–Kier alpha value is -1.09. The molecule has 2 nitrogen and oxygen atoms in total. The molecule has 1 aromatic carbocycles. The van der Waals surface area contributed by atoms with E-state index in [1.54, 1.807) is 6.07 Å².